The van der Waals surface area contributed by atoms with Crippen molar-refractivity contribution in [3.8, 4) is 0 Å². The van der Waals surface area contributed by atoms with Gasteiger partial charge in [-0.1, -0.05) is 13.8 Å². The van der Waals surface area contributed by atoms with E-state index < -0.39 is 0 Å². The van der Waals surface area contributed by atoms with Gasteiger partial charge in [-0.3, -0.25) is 0 Å². The van der Waals surface area contributed by atoms with E-state index in [4.69, 9.17) is 0 Å². The van der Waals surface area contributed by atoms with Crippen LogP contribution in [0.5, 0.6) is 0 Å². The van der Waals surface area contributed by atoms with Crippen LogP contribution in [0.4, 0.5) is 0 Å². The molecular formula is C10H22N2. The summed E-state index contributed by atoms with van der Waals surface area (Å²) in [4.78, 5) is 0. The monoisotopic (exact) mass is 170 g/mol. The molecule has 2 nitrogen and oxygen atoms in total. The topological polar surface area (TPSA) is 24.1 Å². The second-order valence-electron chi connectivity index (χ2n) is 4.56. The van der Waals surface area contributed by atoms with Crippen LogP contribution >= 0.6 is 0 Å². The van der Waals surface area contributed by atoms with Gasteiger partial charge in [0.15, 0.2) is 0 Å². The molecule has 2 unspecified atom stereocenters. The molecule has 1 saturated heterocycles. The Morgan fingerprint density at radius 2 is 1.42 bits per heavy atom. The van der Waals surface area contributed by atoms with E-state index in [2.05, 4.69) is 38.3 Å². The zero-order valence-electron chi connectivity index (χ0n) is 8.83. The summed E-state index contributed by atoms with van der Waals surface area (Å²) in [6.45, 7) is 11.3. The fourth-order valence-corrected chi connectivity index (χ4v) is 1.86. The Morgan fingerprint density at radius 3 is 1.75 bits per heavy atom. The van der Waals surface area contributed by atoms with Crippen LogP contribution < -0.4 is 10.6 Å². The van der Waals surface area contributed by atoms with Crippen LogP contribution in [0, 0.1) is 0 Å². The summed E-state index contributed by atoms with van der Waals surface area (Å²) in [6.07, 6.45) is 2.38. The molecule has 2 atom stereocenters. The zero-order valence-corrected chi connectivity index (χ0v) is 8.83. The van der Waals surface area contributed by atoms with Crippen molar-refractivity contribution >= 4 is 0 Å². The maximum atomic E-state index is 3.74. The third kappa shape index (κ3) is 1.99. The van der Waals surface area contributed by atoms with E-state index in [0.717, 1.165) is 13.1 Å². The normalized spacial score (nSPS) is 43.0. The van der Waals surface area contributed by atoms with Crippen LogP contribution in [-0.4, -0.2) is 24.2 Å². The van der Waals surface area contributed by atoms with Gasteiger partial charge in [0.2, 0.25) is 0 Å². The van der Waals surface area contributed by atoms with Gasteiger partial charge in [0, 0.05) is 24.2 Å². The Balaban J connectivity index is 2.62. The molecule has 2 N–H and O–H groups in total. The van der Waals surface area contributed by atoms with Crippen molar-refractivity contribution in [3.05, 3.63) is 0 Å². The van der Waals surface area contributed by atoms with E-state index in [1.54, 1.807) is 0 Å². The third-order valence-electron chi connectivity index (χ3n) is 3.19. The number of piperazine rings is 1. The summed E-state index contributed by atoms with van der Waals surface area (Å²) >= 11 is 0. The summed E-state index contributed by atoms with van der Waals surface area (Å²) in [5.74, 6) is 0. The average molecular weight is 170 g/mol. The first kappa shape index (κ1) is 10.0. The number of hydrogen-bond donors (Lipinski definition) is 2. The highest BCUT2D eigenvalue weighted by Crippen LogP contribution is 2.20. The van der Waals surface area contributed by atoms with E-state index in [0.29, 0.717) is 11.1 Å². The van der Waals surface area contributed by atoms with Gasteiger partial charge >= 0.3 is 0 Å². The predicted octanol–water partition coefficient (Wildman–Crippen LogP) is 1.52. The summed E-state index contributed by atoms with van der Waals surface area (Å²) in [5, 5.41) is 7.25. The standard InChI is InChI=1S/C10H22N2/c1-5-9(3)7-11-8-10(4,6-2)12-9/h11-12H,5-8H2,1-4H3. The molecular weight excluding hydrogens is 148 g/mol. The van der Waals surface area contributed by atoms with Gasteiger partial charge < -0.3 is 10.6 Å². The lowest BCUT2D eigenvalue weighted by molar-refractivity contribution is 0.163. The lowest BCUT2D eigenvalue weighted by Gasteiger charge is -2.46. The summed E-state index contributed by atoms with van der Waals surface area (Å²) in [6, 6.07) is 0. The van der Waals surface area contributed by atoms with Crippen LogP contribution in [0.15, 0.2) is 0 Å². The number of rotatable bonds is 2. The highest BCUT2D eigenvalue weighted by molar-refractivity contribution is 4.99. The van der Waals surface area contributed by atoms with Gasteiger partial charge in [-0.2, -0.15) is 0 Å². The first-order chi connectivity index (χ1) is 5.54. The van der Waals surface area contributed by atoms with Gasteiger partial charge in [0.05, 0.1) is 0 Å². The maximum absolute atomic E-state index is 3.74. The fourth-order valence-electron chi connectivity index (χ4n) is 1.86. The smallest absolute Gasteiger partial charge is 0.0280 e. The molecule has 0 aromatic heterocycles. The Morgan fingerprint density at radius 1 is 1.00 bits per heavy atom. The molecule has 12 heavy (non-hydrogen) atoms. The molecule has 1 fully saturated rings. The molecule has 1 rings (SSSR count). The quantitative estimate of drug-likeness (QED) is 0.656. The van der Waals surface area contributed by atoms with Crippen molar-refractivity contribution in [2.24, 2.45) is 0 Å². The molecule has 1 aliphatic heterocycles. The average Bonchev–Trinajstić information content (AvgIpc) is 2.05. The SMILES string of the molecule is CCC1(C)CNCC(C)(CC)N1. The molecule has 0 bridgehead atoms. The molecule has 0 radical (unpaired) electrons. The second kappa shape index (κ2) is 3.35. The first-order valence-corrected chi connectivity index (χ1v) is 5.04. The van der Waals surface area contributed by atoms with Gasteiger partial charge in [0.25, 0.3) is 0 Å². The van der Waals surface area contributed by atoms with Gasteiger partial charge in [-0.05, 0) is 26.7 Å². The van der Waals surface area contributed by atoms with Crippen molar-refractivity contribution in [3.63, 3.8) is 0 Å². The first-order valence-electron chi connectivity index (χ1n) is 5.04. The largest absolute Gasteiger partial charge is 0.313 e. The van der Waals surface area contributed by atoms with Crippen molar-refractivity contribution in [2.75, 3.05) is 13.1 Å². The van der Waals surface area contributed by atoms with Crippen molar-refractivity contribution < 1.29 is 0 Å². The van der Waals surface area contributed by atoms with Crippen LogP contribution in [0.3, 0.4) is 0 Å². The Hall–Kier alpha value is -0.0800. The molecule has 2 heteroatoms. The number of nitrogens with one attached hydrogen (secondary N) is 2. The molecule has 0 amide bonds. The van der Waals surface area contributed by atoms with Gasteiger partial charge in [-0.25, -0.2) is 0 Å². The minimum Gasteiger partial charge on any atom is -0.313 e. The van der Waals surface area contributed by atoms with E-state index >= 15 is 0 Å². The van der Waals surface area contributed by atoms with Crippen LogP contribution in [0.1, 0.15) is 40.5 Å². The lowest BCUT2D eigenvalue weighted by Crippen LogP contribution is -2.67. The lowest BCUT2D eigenvalue weighted by atomic mass is 9.87. The van der Waals surface area contributed by atoms with Crippen LogP contribution in [0.2, 0.25) is 0 Å². The van der Waals surface area contributed by atoms with E-state index in [-0.39, 0.29) is 0 Å². The summed E-state index contributed by atoms with van der Waals surface area (Å²) in [5.41, 5.74) is 0.589. The number of hydrogen-bond acceptors (Lipinski definition) is 2. The molecule has 0 aliphatic carbocycles. The summed E-state index contributed by atoms with van der Waals surface area (Å²) < 4.78 is 0. The summed E-state index contributed by atoms with van der Waals surface area (Å²) in [7, 11) is 0. The van der Waals surface area contributed by atoms with Crippen molar-refractivity contribution in [1.29, 1.82) is 0 Å². The van der Waals surface area contributed by atoms with E-state index in [1.807, 2.05) is 0 Å². The minimum absolute atomic E-state index is 0.295. The molecule has 72 valence electrons. The Labute approximate surface area is 76.1 Å². The Bertz CT molecular complexity index is 142. The molecule has 1 heterocycles. The van der Waals surface area contributed by atoms with Crippen molar-refractivity contribution in [1.82, 2.24) is 10.6 Å². The Kier molecular flexibility index (Phi) is 2.79. The van der Waals surface area contributed by atoms with Crippen LogP contribution in [0.25, 0.3) is 0 Å². The molecule has 0 aromatic carbocycles. The predicted molar refractivity (Wildman–Crippen MR) is 53.4 cm³/mol. The van der Waals surface area contributed by atoms with Crippen LogP contribution in [-0.2, 0) is 0 Å². The fraction of sp³-hybridized carbons (Fsp3) is 1.00. The van der Waals surface area contributed by atoms with Gasteiger partial charge in [-0.15, -0.1) is 0 Å². The maximum Gasteiger partial charge on any atom is 0.0280 e. The zero-order chi connectivity index (χ0) is 9.24. The third-order valence-corrected chi connectivity index (χ3v) is 3.19. The molecule has 0 spiro atoms. The van der Waals surface area contributed by atoms with E-state index in [9.17, 15) is 0 Å². The molecule has 0 saturated carbocycles. The highest BCUT2D eigenvalue weighted by atomic mass is 15.2. The minimum atomic E-state index is 0.295. The molecule has 1 aliphatic rings. The van der Waals surface area contributed by atoms with Crippen molar-refractivity contribution in [2.45, 2.75) is 51.6 Å². The molecule has 0 aromatic rings. The van der Waals surface area contributed by atoms with E-state index in [1.165, 1.54) is 12.8 Å². The second-order valence-corrected chi connectivity index (χ2v) is 4.56. The highest BCUT2D eigenvalue weighted by Gasteiger charge is 2.35. The van der Waals surface area contributed by atoms with Gasteiger partial charge in [0.1, 0.15) is 0 Å².